The molecule has 1 aliphatic rings. The summed E-state index contributed by atoms with van der Waals surface area (Å²) in [7, 11) is 0. The largest absolute Gasteiger partial charge is 0.372 e. The molecule has 1 saturated heterocycles. The molecule has 0 spiro atoms. The first-order valence-corrected chi connectivity index (χ1v) is 6.17. The molecule has 0 aliphatic carbocycles. The second-order valence-corrected chi connectivity index (χ2v) is 4.30. The van der Waals surface area contributed by atoms with Crippen LogP contribution in [0.15, 0.2) is 4.52 Å². The zero-order valence-corrected chi connectivity index (χ0v) is 10.3. The van der Waals surface area contributed by atoms with Crippen molar-refractivity contribution >= 4 is 0 Å². The fourth-order valence-corrected chi connectivity index (χ4v) is 1.99. The maximum atomic E-state index is 6.05. The van der Waals surface area contributed by atoms with Gasteiger partial charge in [-0.25, -0.2) is 0 Å². The lowest BCUT2D eigenvalue weighted by atomic mass is 10.3. The zero-order chi connectivity index (χ0) is 12.1. The van der Waals surface area contributed by atoms with Crippen molar-refractivity contribution in [1.82, 2.24) is 15.0 Å². The Morgan fingerprint density at radius 3 is 2.94 bits per heavy atom. The highest BCUT2D eigenvalue weighted by molar-refractivity contribution is 4.94. The van der Waals surface area contributed by atoms with Gasteiger partial charge < -0.3 is 19.9 Å². The SMILES string of the molecule is CCOCc1nc(C(N)CN2CCCC2)no1. The van der Waals surface area contributed by atoms with Crippen LogP contribution in [0.3, 0.4) is 0 Å². The molecule has 17 heavy (non-hydrogen) atoms. The number of likely N-dealkylation sites (tertiary alicyclic amines) is 1. The smallest absolute Gasteiger partial charge is 0.252 e. The quantitative estimate of drug-likeness (QED) is 0.788. The van der Waals surface area contributed by atoms with E-state index in [1.165, 1.54) is 12.8 Å². The summed E-state index contributed by atoms with van der Waals surface area (Å²) in [4.78, 5) is 6.57. The van der Waals surface area contributed by atoms with Crippen LogP contribution in [0.2, 0.25) is 0 Å². The molecule has 1 aliphatic heterocycles. The molecule has 2 heterocycles. The highest BCUT2D eigenvalue weighted by Crippen LogP contribution is 2.13. The topological polar surface area (TPSA) is 77.4 Å². The second kappa shape index (κ2) is 6.09. The highest BCUT2D eigenvalue weighted by Gasteiger charge is 2.19. The van der Waals surface area contributed by atoms with Crippen molar-refractivity contribution in [3.8, 4) is 0 Å². The Morgan fingerprint density at radius 1 is 1.47 bits per heavy atom. The molecule has 1 aromatic heterocycles. The Morgan fingerprint density at radius 2 is 2.24 bits per heavy atom. The summed E-state index contributed by atoms with van der Waals surface area (Å²) < 4.78 is 10.3. The molecular weight excluding hydrogens is 220 g/mol. The first kappa shape index (κ1) is 12.5. The molecule has 96 valence electrons. The molecule has 0 amide bonds. The summed E-state index contributed by atoms with van der Waals surface area (Å²) >= 11 is 0. The highest BCUT2D eigenvalue weighted by atomic mass is 16.5. The molecule has 0 saturated carbocycles. The van der Waals surface area contributed by atoms with Crippen LogP contribution in [-0.2, 0) is 11.3 Å². The van der Waals surface area contributed by atoms with Gasteiger partial charge in [0.2, 0.25) is 0 Å². The predicted octanol–water partition coefficient (Wildman–Crippen LogP) is 0.702. The normalized spacial score (nSPS) is 18.7. The van der Waals surface area contributed by atoms with Gasteiger partial charge in [-0.3, -0.25) is 0 Å². The third kappa shape index (κ3) is 3.49. The Labute approximate surface area is 101 Å². The molecule has 1 unspecified atom stereocenters. The van der Waals surface area contributed by atoms with E-state index in [0.29, 0.717) is 24.9 Å². The van der Waals surface area contributed by atoms with Crippen molar-refractivity contribution in [3.63, 3.8) is 0 Å². The van der Waals surface area contributed by atoms with Gasteiger partial charge in [0.1, 0.15) is 6.61 Å². The van der Waals surface area contributed by atoms with Crippen LogP contribution >= 0.6 is 0 Å². The van der Waals surface area contributed by atoms with E-state index in [4.69, 9.17) is 15.0 Å². The first-order valence-electron chi connectivity index (χ1n) is 6.17. The minimum atomic E-state index is -0.174. The third-order valence-corrected chi connectivity index (χ3v) is 2.90. The number of ether oxygens (including phenoxy) is 1. The Hall–Kier alpha value is -0.980. The molecular formula is C11H20N4O2. The molecule has 0 radical (unpaired) electrons. The number of nitrogens with zero attached hydrogens (tertiary/aromatic N) is 3. The molecule has 0 bridgehead atoms. The molecule has 1 atom stereocenters. The minimum Gasteiger partial charge on any atom is -0.372 e. The maximum Gasteiger partial charge on any atom is 0.252 e. The van der Waals surface area contributed by atoms with E-state index < -0.39 is 0 Å². The van der Waals surface area contributed by atoms with Crippen molar-refractivity contribution in [2.75, 3.05) is 26.2 Å². The van der Waals surface area contributed by atoms with Crippen LogP contribution in [0.4, 0.5) is 0 Å². The van der Waals surface area contributed by atoms with Gasteiger partial charge in [0.25, 0.3) is 5.89 Å². The van der Waals surface area contributed by atoms with Crippen LogP contribution in [0.5, 0.6) is 0 Å². The summed E-state index contributed by atoms with van der Waals surface area (Å²) in [6.45, 7) is 5.97. The van der Waals surface area contributed by atoms with Gasteiger partial charge in [-0.1, -0.05) is 5.16 Å². The number of hydrogen-bond acceptors (Lipinski definition) is 6. The average molecular weight is 240 g/mol. The molecule has 6 heteroatoms. The van der Waals surface area contributed by atoms with Gasteiger partial charge in [0.15, 0.2) is 5.82 Å². The predicted molar refractivity (Wildman–Crippen MR) is 62.2 cm³/mol. The number of hydrogen-bond donors (Lipinski definition) is 1. The first-order chi connectivity index (χ1) is 8.29. The monoisotopic (exact) mass is 240 g/mol. The number of nitrogens with two attached hydrogens (primary N) is 1. The van der Waals surface area contributed by atoms with Gasteiger partial charge >= 0.3 is 0 Å². The van der Waals surface area contributed by atoms with E-state index in [1.54, 1.807) is 0 Å². The van der Waals surface area contributed by atoms with Crippen LogP contribution in [0, 0.1) is 0 Å². The van der Waals surface area contributed by atoms with Gasteiger partial charge in [-0.15, -0.1) is 0 Å². The van der Waals surface area contributed by atoms with Crippen molar-refractivity contribution in [1.29, 1.82) is 0 Å². The molecule has 1 aromatic rings. The lowest BCUT2D eigenvalue weighted by molar-refractivity contribution is 0.109. The zero-order valence-electron chi connectivity index (χ0n) is 10.3. The molecule has 1 fully saturated rings. The average Bonchev–Trinajstić information content (AvgIpc) is 2.96. The van der Waals surface area contributed by atoms with Gasteiger partial charge in [0.05, 0.1) is 6.04 Å². The molecule has 0 aromatic carbocycles. The van der Waals surface area contributed by atoms with Crippen molar-refractivity contribution in [3.05, 3.63) is 11.7 Å². The second-order valence-electron chi connectivity index (χ2n) is 4.30. The van der Waals surface area contributed by atoms with E-state index in [1.807, 2.05) is 6.92 Å². The fraction of sp³-hybridized carbons (Fsp3) is 0.818. The van der Waals surface area contributed by atoms with Gasteiger partial charge in [-0.05, 0) is 32.9 Å². The standard InChI is InChI=1S/C11H20N4O2/c1-2-16-8-10-13-11(14-17-10)9(12)7-15-5-3-4-6-15/h9H,2-8,12H2,1H3. The van der Waals surface area contributed by atoms with Crippen molar-refractivity contribution in [2.45, 2.75) is 32.4 Å². The number of aromatic nitrogens is 2. The minimum absolute atomic E-state index is 0.174. The Kier molecular flexibility index (Phi) is 4.47. The molecule has 2 N–H and O–H groups in total. The van der Waals surface area contributed by atoms with Gasteiger partial charge in [-0.2, -0.15) is 4.98 Å². The fourth-order valence-electron chi connectivity index (χ4n) is 1.99. The lowest BCUT2D eigenvalue weighted by Crippen LogP contribution is -2.30. The third-order valence-electron chi connectivity index (χ3n) is 2.90. The molecule has 2 rings (SSSR count). The lowest BCUT2D eigenvalue weighted by Gasteiger charge is -2.17. The van der Waals surface area contributed by atoms with Gasteiger partial charge in [0, 0.05) is 13.2 Å². The Balaban J connectivity index is 1.85. The van der Waals surface area contributed by atoms with Crippen LogP contribution in [-0.4, -0.2) is 41.3 Å². The van der Waals surface area contributed by atoms with Crippen LogP contribution < -0.4 is 5.73 Å². The summed E-state index contributed by atoms with van der Waals surface area (Å²) in [5.74, 6) is 1.07. The van der Waals surface area contributed by atoms with E-state index in [9.17, 15) is 0 Å². The van der Waals surface area contributed by atoms with E-state index in [2.05, 4.69) is 15.0 Å². The van der Waals surface area contributed by atoms with Crippen LogP contribution in [0.25, 0.3) is 0 Å². The summed E-state index contributed by atoms with van der Waals surface area (Å²) in [6.07, 6.45) is 2.52. The van der Waals surface area contributed by atoms with E-state index in [-0.39, 0.29) is 6.04 Å². The van der Waals surface area contributed by atoms with Crippen LogP contribution in [0.1, 0.15) is 37.5 Å². The Bertz CT molecular complexity index is 336. The van der Waals surface area contributed by atoms with E-state index >= 15 is 0 Å². The van der Waals surface area contributed by atoms with Crippen molar-refractivity contribution in [2.24, 2.45) is 5.73 Å². The number of rotatable bonds is 6. The van der Waals surface area contributed by atoms with E-state index in [0.717, 1.165) is 19.6 Å². The molecule has 6 nitrogen and oxygen atoms in total. The summed E-state index contributed by atoms with van der Waals surface area (Å²) in [5.41, 5.74) is 6.05. The summed E-state index contributed by atoms with van der Waals surface area (Å²) in [5, 5.41) is 3.89. The van der Waals surface area contributed by atoms with Crippen molar-refractivity contribution < 1.29 is 9.26 Å². The maximum absolute atomic E-state index is 6.05. The summed E-state index contributed by atoms with van der Waals surface area (Å²) in [6, 6.07) is -0.174.